The van der Waals surface area contributed by atoms with E-state index < -0.39 is 0 Å². The highest BCUT2D eigenvalue weighted by Crippen LogP contribution is 2.37. The third kappa shape index (κ3) is 5.22. The van der Waals surface area contributed by atoms with Gasteiger partial charge in [-0.3, -0.25) is 14.8 Å². The summed E-state index contributed by atoms with van der Waals surface area (Å²) >= 11 is 0. The molecule has 0 saturated carbocycles. The number of H-pyrrole nitrogens is 1. The second-order valence-corrected chi connectivity index (χ2v) is 9.60. The summed E-state index contributed by atoms with van der Waals surface area (Å²) < 4.78 is 7.26. The number of carbonyl (C=O) groups excluding carboxylic acids is 1. The fourth-order valence-corrected chi connectivity index (χ4v) is 4.65. The summed E-state index contributed by atoms with van der Waals surface area (Å²) in [5.41, 5.74) is 6.66. The minimum absolute atomic E-state index is 0.0270. The number of nitrogens with zero attached hydrogens (tertiary/aromatic N) is 6. The molecule has 0 aliphatic heterocycles. The predicted molar refractivity (Wildman–Crippen MR) is 146 cm³/mol. The van der Waals surface area contributed by atoms with Crippen molar-refractivity contribution in [1.29, 1.82) is 0 Å². The summed E-state index contributed by atoms with van der Waals surface area (Å²) in [5, 5.41) is 12.3. The third-order valence-corrected chi connectivity index (χ3v) is 7.13. The zero-order valence-corrected chi connectivity index (χ0v) is 22.8. The molecule has 3 aromatic heterocycles. The average Bonchev–Trinajstić information content (AvgIpc) is 3.57. The van der Waals surface area contributed by atoms with Gasteiger partial charge in [-0.2, -0.15) is 10.2 Å². The van der Waals surface area contributed by atoms with Crippen molar-refractivity contribution in [3.63, 3.8) is 0 Å². The molecule has 9 heteroatoms. The number of pyridine rings is 1. The number of methoxy groups -OCH3 is 1. The van der Waals surface area contributed by atoms with Gasteiger partial charge in [0, 0.05) is 24.4 Å². The van der Waals surface area contributed by atoms with E-state index in [1.807, 2.05) is 24.2 Å². The van der Waals surface area contributed by atoms with Crippen molar-refractivity contribution in [2.45, 2.75) is 46.6 Å². The van der Waals surface area contributed by atoms with Crippen LogP contribution in [0.25, 0.3) is 28.2 Å². The Kier molecular flexibility index (Phi) is 7.92. The SMILES string of the molecule is CCN(CC)CC(=O)N(C)C(C)c1ccc(-c2[nH]nc(-c3cc(OC)c4ncnn4c3)c2C(C)C)cc1. The van der Waals surface area contributed by atoms with E-state index in [-0.39, 0.29) is 17.9 Å². The van der Waals surface area contributed by atoms with E-state index in [9.17, 15) is 4.79 Å². The van der Waals surface area contributed by atoms with Gasteiger partial charge in [-0.25, -0.2) is 9.50 Å². The maximum atomic E-state index is 12.8. The van der Waals surface area contributed by atoms with Crippen molar-refractivity contribution in [2.24, 2.45) is 0 Å². The average molecular weight is 504 g/mol. The van der Waals surface area contributed by atoms with Crippen LogP contribution in [0.2, 0.25) is 0 Å². The fraction of sp³-hybridized carbons (Fsp3) is 0.429. The van der Waals surface area contributed by atoms with Crippen molar-refractivity contribution >= 4 is 11.6 Å². The first kappa shape index (κ1) is 26.3. The molecule has 196 valence electrons. The van der Waals surface area contributed by atoms with Crippen LogP contribution in [0.5, 0.6) is 5.75 Å². The largest absolute Gasteiger partial charge is 0.493 e. The number of aromatic nitrogens is 5. The predicted octanol–water partition coefficient (Wildman–Crippen LogP) is 4.78. The second-order valence-electron chi connectivity index (χ2n) is 9.60. The van der Waals surface area contributed by atoms with Crippen molar-refractivity contribution < 1.29 is 9.53 Å². The first-order valence-electron chi connectivity index (χ1n) is 12.8. The Morgan fingerprint density at radius 3 is 2.43 bits per heavy atom. The Labute approximate surface area is 218 Å². The maximum absolute atomic E-state index is 12.8. The summed E-state index contributed by atoms with van der Waals surface area (Å²) in [7, 11) is 3.51. The lowest BCUT2D eigenvalue weighted by Gasteiger charge is -2.28. The van der Waals surface area contributed by atoms with Crippen LogP contribution in [-0.2, 0) is 4.79 Å². The van der Waals surface area contributed by atoms with Crippen LogP contribution in [0.1, 0.15) is 57.7 Å². The number of fused-ring (bicyclic) bond motifs is 1. The van der Waals surface area contributed by atoms with Crippen molar-refractivity contribution in [3.05, 3.63) is 54.0 Å². The van der Waals surface area contributed by atoms with Gasteiger partial charge in [0.1, 0.15) is 6.33 Å². The monoisotopic (exact) mass is 503 g/mol. The van der Waals surface area contributed by atoms with Gasteiger partial charge >= 0.3 is 0 Å². The summed E-state index contributed by atoms with van der Waals surface area (Å²) in [6, 6.07) is 10.3. The molecule has 37 heavy (non-hydrogen) atoms. The molecule has 4 aromatic rings. The molecular formula is C28H37N7O2. The Balaban J connectivity index is 1.62. The molecule has 1 unspecified atom stereocenters. The summed E-state index contributed by atoms with van der Waals surface area (Å²) in [5.74, 6) is 0.997. The molecular weight excluding hydrogens is 466 g/mol. The summed E-state index contributed by atoms with van der Waals surface area (Å²) in [4.78, 5) is 21.0. The number of ether oxygens (including phenoxy) is 1. The molecule has 0 saturated heterocycles. The minimum Gasteiger partial charge on any atom is -0.493 e. The van der Waals surface area contributed by atoms with Crippen LogP contribution in [0.15, 0.2) is 42.9 Å². The van der Waals surface area contributed by atoms with Crippen LogP contribution in [0, 0.1) is 0 Å². The van der Waals surface area contributed by atoms with E-state index in [1.165, 1.54) is 6.33 Å². The lowest BCUT2D eigenvalue weighted by molar-refractivity contribution is -0.133. The first-order valence-corrected chi connectivity index (χ1v) is 12.8. The van der Waals surface area contributed by atoms with Crippen LogP contribution < -0.4 is 4.74 Å². The van der Waals surface area contributed by atoms with E-state index in [0.29, 0.717) is 17.9 Å². The zero-order chi connectivity index (χ0) is 26.7. The molecule has 1 amide bonds. The number of carbonyl (C=O) groups is 1. The molecule has 0 fully saturated rings. The Hall–Kier alpha value is -3.72. The first-order chi connectivity index (χ1) is 17.8. The summed E-state index contributed by atoms with van der Waals surface area (Å²) in [6.45, 7) is 12.7. The smallest absolute Gasteiger partial charge is 0.236 e. The number of benzene rings is 1. The number of aromatic amines is 1. The fourth-order valence-electron chi connectivity index (χ4n) is 4.65. The molecule has 9 nitrogen and oxygen atoms in total. The number of amides is 1. The second kappa shape index (κ2) is 11.1. The van der Waals surface area contributed by atoms with Gasteiger partial charge in [0.05, 0.1) is 31.1 Å². The van der Waals surface area contributed by atoms with Crippen molar-refractivity contribution in [1.82, 2.24) is 34.6 Å². The van der Waals surface area contributed by atoms with Crippen LogP contribution in [0.3, 0.4) is 0 Å². The van der Waals surface area contributed by atoms with Crippen LogP contribution in [-0.4, -0.2) is 74.3 Å². The molecule has 0 spiro atoms. The maximum Gasteiger partial charge on any atom is 0.236 e. The van der Waals surface area contributed by atoms with Crippen molar-refractivity contribution in [3.8, 4) is 28.3 Å². The number of hydrogen-bond donors (Lipinski definition) is 1. The van der Waals surface area contributed by atoms with Gasteiger partial charge in [0.15, 0.2) is 11.4 Å². The van der Waals surface area contributed by atoms with Gasteiger partial charge in [-0.1, -0.05) is 52.0 Å². The van der Waals surface area contributed by atoms with Gasteiger partial charge in [-0.05, 0) is 43.1 Å². The molecule has 0 aliphatic rings. The van der Waals surface area contributed by atoms with Crippen molar-refractivity contribution in [2.75, 3.05) is 33.8 Å². The highest BCUT2D eigenvalue weighted by molar-refractivity contribution is 5.79. The molecule has 3 heterocycles. The van der Waals surface area contributed by atoms with Crippen LogP contribution >= 0.6 is 0 Å². The normalized spacial score (nSPS) is 12.5. The third-order valence-electron chi connectivity index (χ3n) is 7.13. The lowest BCUT2D eigenvalue weighted by atomic mass is 9.93. The van der Waals surface area contributed by atoms with Gasteiger partial charge in [-0.15, -0.1) is 0 Å². The molecule has 1 atom stereocenters. The molecule has 1 N–H and O–H groups in total. The Morgan fingerprint density at radius 1 is 1.11 bits per heavy atom. The molecule has 0 bridgehead atoms. The molecule has 0 aliphatic carbocycles. The van der Waals surface area contributed by atoms with E-state index in [0.717, 1.165) is 46.7 Å². The Morgan fingerprint density at radius 2 is 1.81 bits per heavy atom. The lowest BCUT2D eigenvalue weighted by Crippen LogP contribution is -2.39. The number of likely N-dealkylation sites (N-methyl/N-ethyl adjacent to an activating group) is 2. The molecule has 1 aromatic carbocycles. The van der Waals surface area contributed by atoms with E-state index >= 15 is 0 Å². The Bertz CT molecular complexity index is 1350. The summed E-state index contributed by atoms with van der Waals surface area (Å²) in [6.07, 6.45) is 3.44. The minimum atomic E-state index is -0.0270. The van der Waals surface area contributed by atoms with Crippen LogP contribution in [0.4, 0.5) is 0 Å². The topological polar surface area (TPSA) is 91.7 Å². The van der Waals surface area contributed by atoms with E-state index in [4.69, 9.17) is 9.84 Å². The van der Waals surface area contributed by atoms with E-state index in [2.05, 4.69) is 79.0 Å². The highest BCUT2D eigenvalue weighted by Gasteiger charge is 2.22. The number of nitrogens with one attached hydrogen (secondary N) is 1. The van der Waals surface area contributed by atoms with Gasteiger partial charge in [0.2, 0.25) is 5.91 Å². The number of rotatable bonds is 10. The molecule has 4 rings (SSSR count). The van der Waals surface area contributed by atoms with Gasteiger partial charge in [0.25, 0.3) is 0 Å². The van der Waals surface area contributed by atoms with E-state index in [1.54, 1.807) is 11.6 Å². The van der Waals surface area contributed by atoms with Gasteiger partial charge < -0.3 is 9.64 Å². The molecule has 0 radical (unpaired) electrons. The standard InChI is InChI=1S/C28H37N7O2/c1-8-34(9-2)16-24(36)33(6)19(5)20-10-12-21(13-11-20)26-25(18(3)4)27(32-31-26)22-14-23(37-7)28-29-17-30-35(28)15-22/h10-15,17-19H,8-9,16H2,1-7H3,(H,31,32). The number of hydrogen-bond acceptors (Lipinski definition) is 6. The zero-order valence-electron chi connectivity index (χ0n) is 22.8. The quantitative estimate of drug-likeness (QED) is 0.335. The highest BCUT2D eigenvalue weighted by atomic mass is 16.5.